The Morgan fingerprint density at radius 1 is 0.398 bits per heavy atom. The zero-order valence-electron chi connectivity index (χ0n) is 53.5. The second-order valence-corrected chi connectivity index (χ2v) is 23.8. The van der Waals surface area contributed by atoms with E-state index in [2.05, 4.69) is 69.4 Å². The lowest BCUT2D eigenvalue weighted by Gasteiger charge is -2.40. The van der Waals surface area contributed by atoms with E-state index < -0.39 is 67.3 Å². The molecule has 1 heterocycles. The molecular formula is C71H126O12. The van der Waals surface area contributed by atoms with E-state index in [0.717, 1.165) is 96.3 Å². The smallest absolute Gasteiger partial charge is 0.335 e. The van der Waals surface area contributed by atoms with Crippen molar-refractivity contribution in [3.8, 4) is 0 Å². The maximum Gasteiger partial charge on any atom is 0.335 e. The van der Waals surface area contributed by atoms with Crippen molar-refractivity contribution in [1.29, 1.82) is 0 Å². The first-order valence-corrected chi connectivity index (χ1v) is 34.6. The van der Waals surface area contributed by atoms with Crippen LogP contribution in [0.25, 0.3) is 0 Å². The molecule has 6 unspecified atom stereocenters. The third kappa shape index (κ3) is 48.5. The summed E-state index contributed by atoms with van der Waals surface area (Å²) in [7, 11) is 0. The SMILES string of the molecule is CCCCC/C=C\C/C=C\CCCCCCCCCC(=O)OCC(COC1OC(C(=O)O)C(O)C(O)C1OC(=O)CCCCCCCCCCCCCCCCCCCCC)OC(=O)CCCCCCCCC/C=C\C/C=C\CCCCC. The Hall–Kier alpha value is -3.32. The van der Waals surface area contributed by atoms with Gasteiger partial charge in [-0.25, -0.2) is 4.79 Å². The van der Waals surface area contributed by atoms with E-state index in [1.807, 2.05) is 0 Å². The highest BCUT2D eigenvalue weighted by Crippen LogP contribution is 2.27. The highest BCUT2D eigenvalue weighted by Gasteiger charge is 2.50. The molecule has 0 aromatic heterocycles. The van der Waals surface area contributed by atoms with Crippen molar-refractivity contribution in [2.45, 2.75) is 366 Å². The molecular weight excluding hydrogens is 1040 g/mol. The van der Waals surface area contributed by atoms with Crippen LogP contribution in [0.15, 0.2) is 48.6 Å². The van der Waals surface area contributed by atoms with Gasteiger partial charge in [-0.1, -0.05) is 275 Å². The van der Waals surface area contributed by atoms with Gasteiger partial charge in [-0.2, -0.15) is 0 Å². The molecule has 0 radical (unpaired) electrons. The zero-order chi connectivity index (χ0) is 60.3. The molecule has 1 fully saturated rings. The normalized spacial score (nSPS) is 17.8. The Morgan fingerprint density at radius 3 is 1.11 bits per heavy atom. The van der Waals surface area contributed by atoms with Crippen LogP contribution in [0.2, 0.25) is 0 Å². The van der Waals surface area contributed by atoms with Crippen LogP contribution in [0, 0.1) is 0 Å². The first kappa shape index (κ1) is 77.7. The summed E-state index contributed by atoms with van der Waals surface area (Å²) < 4.78 is 28.6. The molecule has 83 heavy (non-hydrogen) atoms. The molecule has 1 aliphatic rings. The zero-order valence-corrected chi connectivity index (χ0v) is 53.5. The number of aliphatic hydroxyl groups is 2. The van der Waals surface area contributed by atoms with Gasteiger partial charge in [0.15, 0.2) is 24.6 Å². The van der Waals surface area contributed by atoms with E-state index in [9.17, 15) is 34.5 Å². The first-order valence-electron chi connectivity index (χ1n) is 34.6. The summed E-state index contributed by atoms with van der Waals surface area (Å²) in [4.78, 5) is 51.4. The van der Waals surface area contributed by atoms with Crippen LogP contribution in [-0.2, 0) is 42.9 Å². The molecule has 6 atom stereocenters. The molecule has 12 nitrogen and oxygen atoms in total. The van der Waals surface area contributed by atoms with Gasteiger partial charge >= 0.3 is 23.9 Å². The number of unbranched alkanes of at least 4 members (excludes halogenated alkanes) is 38. The fourth-order valence-corrected chi connectivity index (χ4v) is 10.5. The average Bonchev–Trinajstić information content (AvgIpc) is 3.58. The van der Waals surface area contributed by atoms with Crippen molar-refractivity contribution in [1.82, 2.24) is 0 Å². The van der Waals surface area contributed by atoms with Gasteiger partial charge in [0.05, 0.1) is 6.61 Å². The molecule has 0 aliphatic carbocycles. The van der Waals surface area contributed by atoms with Crippen LogP contribution >= 0.6 is 0 Å². The third-order valence-corrected chi connectivity index (χ3v) is 15.9. The Bertz CT molecular complexity index is 1630. The summed E-state index contributed by atoms with van der Waals surface area (Å²) in [6, 6.07) is 0. The fraction of sp³-hybridized carbons (Fsp3) is 0.831. The molecule has 0 aromatic rings. The van der Waals surface area contributed by atoms with Crippen LogP contribution in [0.1, 0.15) is 329 Å². The Balaban J connectivity index is 2.63. The predicted molar refractivity (Wildman–Crippen MR) is 340 cm³/mol. The minimum Gasteiger partial charge on any atom is -0.479 e. The molecule has 1 rings (SSSR count). The number of hydrogen-bond donors (Lipinski definition) is 3. The number of allylic oxidation sites excluding steroid dienone is 8. The largest absolute Gasteiger partial charge is 0.479 e. The van der Waals surface area contributed by atoms with Gasteiger partial charge in [0.2, 0.25) is 0 Å². The fourth-order valence-electron chi connectivity index (χ4n) is 10.5. The molecule has 0 aromatic carbocycles. The van der Waals surface area contributed by atoms with Crippen LogP contribution in [0.5, 0.6) is 0 Å². The van der Waals surface area contributed by atoms with Crippen molar-refractivity contribution in [2.24, 2.45) is 0 Å². The number of rotatable bonds is 60. The van der Waals surface area contributed by atoms with Crippen molar-refractivity contribution in [3.05, 3.63) is 48.6 Å². The Labute approximate surface area is 507 Å². The summed E-state index contributed by atoms with van der Waals surface area (Å²) in [6.07, 6.45) is 60.6. The monoisotopic (exact) mass is 1170 g/mol. The molecule has 0 bridgehead atoms. The van der Waals surface area contributed by atoms with Crippen LogP contribution < -0.4 is 0 Å². The molecule has 0 spiro atoms. The number of carboxylic acids is 1. The lowest BCUT2D eigenvalue weighted by Crippen LogP contribution is -2.61. The highest BCUT2D eigenvalue weighted by atomic mass is 16.7. The molecule has 1 aliphatic heterocycles. The van der Waals surface area contributed by atoms with Gasteiger partial charge in [0.1, 0.15) is 18.8 Å². The van der Waals surface area contributed by atoms with Gasteiger partial charge in [-0.15, -0.1) is 0 Å². The third-order valence-electron chi connectivity index (χ3n) is 15.9. The Morgan fingerprint density at radius 2 is 0.723 bits per heavy atom. The maximum absolute atomic E-state index is 13.2. The van der Waals surface area contributed by atoms with Crippen molar-refractivity contribution in [3.63, 3.8) is 0 Å². The Kier molecular flexibility index (Phi) is 55.3. The summed E-state index contributed by atoms with van der Waals surface area (Å²) in [6.45, 7) is 5.99. The molecule has 482 valence electrons. The lowest BCUT2D eigenvalue weighted by molar-refractivity contribution is -0.301. The predicted octanol–water partition coefficient (Wildman–Crippen LogP) is 18.9. The second-order valence-electron chi connectivity index (χ2n) is 23.8. The second kappa shape index (κ2) is 59.0. The van der Waals surface area contributed by atoms with E-state index >= 15 is 0 Å². The van der Waals surface area contributed by atoms with Crippen molar-refractivity contribution >= 4 is 23.9 Å². The van der Waals surface area contributed by atoms with Gasteiger partial charge in [-0.05, 0) is 83.5 Å². The summed E-state index contributed by atoms with van der Waals surface area (Å²) >= 11 is 0. The van der Waals surface area contributed by atoms with Gasteiger partial charge in [0.25, 0.3) is 0 Å². The number of carbonyl (C=O) groups excluding carboxylic acids is 3. The molecule has 1 saturated heterocycles. The number of aliphatic hydroxyl groups excluding tert-OH is 2. The first-order chi connectivity index (χ1) is 40.6. The van der Waals surface area contributed by atoms with Gasteiger partial charge < -0.3 is 39.0 Å². The molecule has 0 saturated carbocycles. The van der Waals surface area contributed by atoms with Gasteiger partial charge in [-0.3, -0.25) is 14.4 Å². The summed E-state index contributed by atoms with van der Waals surface area (Å²) in [5.41, 5.74) is 0. The highest BCUT2D eigenvalue weighted by molar-refractivity contribution is 5.74. The maximum atomic E-state index is 13.2. The number of hydrogen-bond acceptors (Lipinski definition) is 11. The van der Waals surface area contributed by atoms with E-state index in [0.29, 0.717) is 19.3 Å². The number of carbonyl (C=O) groups is 4. The summed E-state index contributed by atoms with van der Waals surface area (Å²) in [5.74, 6) is -3.11. The number of carboxylic acid groups (broad SMARTS) is 1. The van der Waals surface area contributed by atoms with E-state index in [4.69, 9.17) is 23.7 Å². The number of aliphatic carboxylic acids is 1. The van der Waals surface area contributed by atoms with E-state index in [1.165, 1.54) is 173 Å². The number of ether oxygens (including phenoxy) is 5. The molecule has 3 N–H and O–H groups in total. The minimum absolute atomic E-state index is 0.0637. The molecule has 0 amide bonds. The molecule has 12 heteroatoms. The van der Waals surface area contributed by atoms with Crippen molar-refractivity contribution < 1.29 is 58.2 Å². The standard InChI is InChI=1S/C71H126O12/c1-4-7-10-13-16-19-22-25-28-31-32-35-38-41-44-47-50-53-56-59-65(74)82-69-67(76)66(75)68(70(77)78)83-71(69)80-61-62(81-64(73)58-55-52-49-46-43-40-37-34-30-27-24-21-18-15-12-9-6-3)60-79-63(72)57-54-51-48-45-42-39-36-33-29-26-23-20-17-14-11-8-5-2/h17-18,20-21,26-27,29-30,62,66-69,71,75-76H,4-16,19,22-25,28,31-61H2,1-3H3,(H,77,78)/b20-17-,21-18-,29-26-,30-27-. The minimum atomic E-state index is -1.90. The topological polar surface area (TPSA) is 175 Å². The lowest BCUT2D eigenvalue weighted by atomic mass is 9.98. The summed E-state index contributed by atoms with van der Waals surface area (Å²) in [5, 5.41) is 31.7. The quantitative estimate of drug-likeness (QED) is 0.0228. The van der Waals surface area contributed by atoms with E-state index in [1.54, 1.807) is 0 Å². The average molecular weight is 1170 g/mol. The number of esters is 3. The van der Waals surface area contributed by atoms with Gasteiger partial charge in [0, 0.05) is 19.3 Å². The van der Waals surface area contributed by atoms with Crippen LogP contribution in [-0.4, -0.2) is 89.2 Å². The van der Waals surface area contributed by atoms with Crippen LogP contribution in [0.4, 0.5) is 0 Å². The van der Waals surface area contributed by atoms with Crippen molar-refractivity contribution in [2.75, 3.05) is 13.2 Å². The van der Waals surface area contributed by atoms with E-state index in [-0.39, 0.29) is 25.9 Å². The van der Waals surface area contributed by atoms with Crippen LogP contribution in [0.3, 0.4) is 0 Å².